The molecular weight excluding hydrogens is 349 g/mol. The lowest BCUT2D eigenvalue weighted by Crippen LogP contribution is -2.43. The van der Waals surface area contributed by atoms with Gasteiger partial charge in [0.15, 0.2) is 0 Å². The minimum absolute atomic E-state index is 0.0985. The van der Waals surface area contributed by atoms with Crippen LogP contribution in [0.3, 0.4) is 0 Å². The maximum absolute atomic E-state index is 13.4. The van der Waals surface area contributed by atoms with E-state index in [4.69, 9.17) is 9.47 Å². The van der Waals surface area contributed by atoms with Crippen LogP contribution in [-0.2, 0) is 9.53 Å². The SMILES string of the molecule is O=C([C@@H]1CCCO1)N1CCC(c2nccnc2Oc2cccc(F)c2)CC1. The summed E-state index contributed by atoms with van der Waals surface area (Å²) in [6, 6.07) is 5.97. The van der Waals surface area contributed by atoms with E-state index in [0.29, 0.717) is 31.3 Å². The number of hydrogen-bond acceptors (Lipinski definition) is 5. The highest BCUT2D eigenvalue weighted by atomic mass is 19.1. The van der Waals surface area contributed by atoms with Gasteiger partial charge in [0.1, 0.15) is 23.4 Å². The van der Waals surface area contributed by atoms with Gasteiger partial charge < -0.3 is 14.4 Å². The summed E-state index contributed by atoms with van der Waals surface area (Å²) in [5.74, 6) is 0.672. The van der Waals surface area contributed by atoms with Crippen molar-refractivity contribution in [2.24, 2.45) is 0 Å². The molecule has 6 nitrogen and oxygen atoms in total. The van der Waals surface area contributed by atoms with E-state index < -0.39 is 0 Å². The third-order valence-electron chi connectivity index (χ3n) is 5.10. The Kier molecular flexibility index (Phi) is 5.29. The van der Waals surface area contributed by atoms with Crippen LogP contribution in [0.5, 0.6) is 11.6 Å². The molecular formula is C20H22FN3O3. The Hall–Kier alpha value is -2.54. The lowest BCUT2D eigenvalue weighted by Gasteiger charge is -2.33. The van der Waals surface area contributed by atoms with Crippen LogP contribution in [-0.4, -0.2) is 46.6 Å². The summed E-state index contributed by atoms with van der Waals surface area (Å²) in [6.45, 7) is 2.01. The number of likely N-dealkylation sites (tertiary alicyclic amines) is 1. The minimum Gasteiger partial charge on any atom is -0.437 e. The number of aromatic nitrogens is 2. The van der Waals surface area contributed by atoms with Crippen molar-refractivity contribution in [2.75, 3.05) is 19.7 Å². The molecule has 2 fully saturated rings. The van der Waals surface area contributed by atoms with Gasteiger partial charge in [-0.25, -0.2) is 9.37 Å². The van der Waals surface area contributed by atoms with Crippen LogP contribution in [0.4, 0.5) is 4.39 Å². The fourth-order valence-electron chi connectivity index (χ4n) is 3.69. The summed E-state index contributed by atoms with van der Waals surface area (Å²) >= 11 is 0. The molecule has 2 saturated heterocycles. The first-order valence-corrected chi connectivity index (χ1v) is 9.35. The van der Waals surface area contributed by atoms with Gasteiger partial charge in [0, 0.05) is 44.1 Å². The Morgan fingerprint density at radius 1 is 1.19 bits per heavy atom. The monoisotopic (exact) mass is 371 g/mol. The van der Waals surface area contributed by atoms with Gasteiger partial charge in [-0.15, -0.1) is 0 Å². The normalized spacial score (nSPS) is 20.6. The first kappa shape index (κ1) is 17.9. The molecule has 1 aromatic heterocycles. The molecule has 1 amide bonds. The van der Waals surface area contributed by atoms with Crippen LogP contribution in [0.1, 0.15) is 37.3 Å². The van der Waals surface area contributed by atoms with Crippen molar-refractivity contribution in [1.29, 1.82) is 0 Å². The molecule has 2 aliphatic rings. The zero-order valence-corrected chi connectivity index (χ0v) is 15.0. The third kappa shape index (κ3) is 4.08. The molecule has 7 heteroatoms. The predicted octanol–water partition coefficient (Wildman–Crippen LogP) is 3.29. The third-order valence-corrected chi connectivity index (χ3v) is 5.10. The lowest BCUT2D eigenvalue weighted by atomic mass is 9.93. The Labute approximate surface area is 157 Å². The van der Waals surface area contributed by atoms with Crippen LogP contribution in [0.15, 0.2) is 36.7 Å². The van der Waals surface area contributed by atoms with E-state index in [1.807, 2.05) is 4.90 Å². The fraction of sp³-hybridized carbons (Fsp3) is 0.450. The van der Waals surface area contributed by atoms with Crippen molar-refractivity contribution < 1.29 is 18.7 Å². The number of ether oxygens (including phenoxy) is 2. The van der Waals surface area contributed by atoms with Gasteiger partial charge in [-0.05, 0) is 37.8 Å². The second kappa shape index (κ2) is 8.00. The molecule has 1 aromatic carbocycles. The Bertz CT molecular complexity index is 803. The quantitative estimate of drug-likeness (QED) is 0.825. The van der Waals surface area contributed by atoms with E-state index in [2.05, 4.69) is 9.97 Å². The van der Waals surface area contributed by atoms with Crippen molar-refractivity contribution in [2.45, 2.75) is 37.7 Å². The second-order valence-corrected chi connectivity index (χ2v) is 6.91. The van der Waals surface area contributed by atoms with Gasteiger partial charge in [0.2, 0.25) is 5.88 Å². The lowest BCUT2D eigenvalue weighted by molar-refractivity contribution is -0.142. The predicted molar refractivity (Wildman–Crippen MR) is 96.0 cm³/mol. The van der Waals surface area contributed by atoms with Crippen molar-refractivity contribution >= 4 is 5.91 Å². The maximum Gasteiger partial charge on any atom is 0.251 e. The van der Waals surface area contributed by atoms with Crippen molar-refractivity contribution in [3.8, 4) is 11.6 Å². The average molecular weight is 371 g/mol. The van der Waals surface area contributed by atoms with Crippen LogP contribution in [0, 0.1) is 5.82 Å². The molecule has 0 unspecified atom stereocenters. The average Bonchev–Trinajstić information content (AvgIpc) is 3.23. The van der Waals surface area contributed by atoms with Crippen LogP contribution in [0.25, 0.3) is 0 Å². The van der Waals surface area contributed by atoms with Gasteiger partial charge in [0.05, 0.1) is 0 Å². The molecule has 0 saturated carbocycles. The highest BCUT2D eigenvalue weighted by Crippen LogP contribution is 2.34. The molecule has 0 aliphatic carbocycles. The fourth-order valence-corrected chi connectivity index (χ4v) is 3.69. The molecule has 0 N–H and O–H groups in total. The Morgan fingerprint density at radius 3 is 2.74 bits per heavy atom. The number of halogens is 1. The number of benzene rings is 1. The van der Waals surface area contributed by atoms with Crippen molar-refractivity contribution in [3.05, 3.63) is 48.2 Å². The molecule has 0 spiro atoms. The second-order valence-electron chi connectivity index (χ2n) is 6.91. The van der Waals surface area contributed by atoms with Gasteiger partial charge >= 0.3 is 0 Å². The van der Waals surface area contributed by atoms with E-state index >= 15 is 0 Å². The summed E-state index contributed by atoms with van der Waals surface area (Å²) in [5.41, 5.74) is 0.756. The molecule has 3 heterocycles. The Morgan fingerprint density at radius 2 is 2.00 bits per heavy atom. The van der Waals surface area contributed by atoms with E-state index in [-0.39, 0.29) is 23.7 Å². The number of nitrogens with zero attached hydrogens (tertiary/aromatic N) is 3. The summed E-state index contributed by atoms with van der Waals surface area (Å²) in [6.07, 6.45) is 6.27. The molecule has 2 aromatic rings. The first-order chi connectivity index (χ1) is 13.2. The summed E-state index contributed by atoms with van der Waals surface area (Å²) in [5, 5.41) is 0. The summed E-state index contributed by atoms with van der Waals surface area (Å²) < 4.78 is 24.7. The maximum atomic E-state index is 13.4. The standard InChI is InChI=1S/C20H22FN3O3/c21-15-3-1-4-16(13-15)27-19-18(22-8-9-23-19)14-6-10-24(11-7-14)20(25)17-5-2-12-26-17/h1,3-4,8-9,13-14,17H,2,5-7,10-12H2/t17-/m0/s1. The molecule has 0 bridgehead atoms. The molecule has 0 radical (unpaired) electrons. The van der Waals surface area contributed by atoms with Crippen LogP contribution < -0.4 is 4.74 Å². The highest BCUT2D eigenvalue weighted by molar-refractivity contribution is 5.81. The van der Waals surface area contributed by atoms with Gasteiger partial charge in [0.25, 0.3) is 5.91 Å². The van der Waals surface area contributed by atoms with E-state index in [1.54, 1.807) is 24.5 Å². The number of hydrogen-bond donors (Lipinski definition) is 0. The molecule has 1 atom stereocenters. The number of amides is 1. The summed E-state index contributed by atoms with van der Waals surface area (Å²) in [7, 11) is 0. The van der Waals surface area contributed by atoms with E-state index in [9.17, 15) is 9.18 Å². The van der Waals surface area contributed by atoms with Crippen LogP contribution in [0.2, 0.25) is 0 Å². The van der Waals surface area contributed by atoms with Gasteiger partial charge in [-0.2, -0.15) is 0 Å². The zero-order valence-electron chi connectivity index (χ0n) is 15.0. The number of rotatable bonds is 4. The topological polar surface area (TPSA) is 64.5 Å². The number of piperidine rings is 1. The molecule has 142 valence electrons. The summed E-state index contributed by atoms with van der Waals surface area (Å²) in [4.78, 5) is 23.1. The van der Waals surface area contributed by atoms with Crippen LogP contribution >= 0.6 is 0 Å². The number of carbonyl (C=O) groups excluding carboxylic acids is 1. The van der Waals surface area contributed by atoms with E-state index in [0.717, 1.165) is 31.4 Å². The smallest absolute Gasteiger partial charge is 0.251 e. The molecule has 2 aliphatic heterocycles. The Balaban J connectivity index is 1.43. The minimum atomic E-state index is -0.362. The van der Waals surface area contributed by atoms with E-state index in [1.165, 1.54) is 12.1 Å². The molecule has 27 heavy (non-hydrogen) atoms. The van der Waals surface area contributed by atoms with Gasteiger partial charge in [-0.1, -0.05) is 6.07 Å². The zero-order chi connectivity index (χ0) is 18.6. The number of carbonyl (C=O) groups is 1. The highest BCUT2D eigenvalue weighted by Gasteiger charge is 2.32. The van der Waals surface area contributed by atoms with Crippen molar-refractivity contribution in [3.63, 3.8) is 0 Å². The van der Waals surface area contributed by atoms with Gasteiger partial charge in [-0.3, -0.25) is 9.78 Å². The largest absolute Gasteiger partial charge is 0.437 e. The van der Waals surface area contributed by atoms with Crippen molar-refractivity contribution in [1.82, 2.24) is 14.9 Å². The molecule has 4 rings (SSSR count). The first-order valence-electron chi connectivity index (χ1n) is 9.35.